The summed E-state index contributed by atoms with van der Waals surface area (Å²) in [6.45, 7) is 4.18. The molecule has 0 radical (unpaired) electrons. The molecule has 2 heterocycles. The molecule has 0 saturated carbocycles. The predicted octanol–water partition coefficient (Wildman–Crippen LogP) is 5.49. The second-order valence-electron chi connectivity index (χ2n) is 7.19. The molecule has 0 fully saturated rings. The SMILES string of the molecule is C=CCOc1ccc([C@H]2Oc3ccccc3[C@H]3CC(c4ccccc4)=NN32)cc1. The Bertz CT molecular complexity index is 1040. The van der Waals surface area contributed by atoms with Crippen LogP contribution in [0.4, 0.5) is 0 Å². The number of ether oxygens (including phenoxy) is 2. The molecule has 2 aliphatic rings. The lowest BCUT2D eigenvalue weighted by molar-refractivity contribution is -0.0190. The number of rotatable bonds is 5. The highest BCUT2D eigenvalue weighted by molar-refractivity contribution is 6.01. The van der Waals surface area contributed by atoms with Crippen molar-refractivity contribution in [1.82, 2.24) is 5.01 Å². The van der Waals surface area contributed by atoms with E-state index in [2.05, 4.69) is 48.0 Å². The molecule has 0 spiro atoms. The van der Waals surface area contributed by atoms with Crippen LogP contribution in [0.25, 0.3) is 0 Å². The summed E-state index contributed by atoms with van der Waals surface area (Å²) in [6, 6.07) is 26.8. The number of para-hydroxylation sites is 1. The Labute approximate surface area is 170 Å². The molecular formula is C25H22N2O2. The van der Waals surface area contributed by atoms with Crippen LogP contribution in [0.3, 0.4) is 0 Å². The van der Waals surface area contributed by atoms with E-state index in [0.29, 0.717) is 6.61 Å². The third kappa shape index (κ3) is 3.27. The summed E-state index contributed by atoms with van der Waals surface area (Å²) < 4.78 is 12.0. The molecule has 5 rings (SSSR count). The Morgan fingerprint density at radius 3 is 2.55 bits per heavy atom. The summed E-state index contributed by atoms with van der Waals surface area (Å²) in [4.78, 5) is 0. The zero-order valence-electron chi connectivity index (χ0n) is 16.1. The van der Waals surface area contributed by atoms with Crippen molar-refractivity contribution < 1.29 is 9.47 Å². The molecule has 0 unspecified atom stereocenters. The normalized spacial score (nSPS) is 19.6. The van der Waals surface area contributed by atoms with Crippen LogP contribution in [0, 0.1) is 0 Å². The highest BCUT2D eigenvalue weighted by Gasteiger charge is 2.40. The first-order valence-corrected chi connectivity index (χ1v) is 9.84. The first-order valence-electron chi connectivity index (χ1n) is 9.84. The van der Waals surface area contributed by atoms with Crippen LogP contribution < -0.4 is 9.47 Å². The van der Waals surface area contributed by atoms with E-state index < -0.39 is 0 Å². The number of fused-ring (bicyclic) bond motifs is 3. The fraction of sp³-hybridized carbons (Fsp3) is 0.160. The second kappa shape index (κ2) is 7.47. The van der Waals surface area contributed by atoms with Crippen molar-refractivity contribution >= 4 is 5.71 Å². The molecule has 29 heavy (non-hydrogen) atoms. The van der Waals surface area contributed by atoms with Crippen LogP contribution in [0.2, 0.25) is 0 Å². The van der Waals surface area contributed by atoms with Crippen LogP contribution in [0.5, 0.6) is 11.5 Å². The van der Waals surface area contributed by atoms with Gasteiger partial charge in [-0.05, 0) is 35.9 Å². The van der Waals surface area contributed by atoms with E-state index in [0.717, 1.165) is 34.8 Å². The van der Waals surface area contributed by atoms with Gasteiger partial charge in [0.15, 0.2) is 0 Å². The van der Waals surface area contributed by atoms with Crippen molar-refractivity contribution in [3.05, 3.63) is 108 Å². The maximum absolute atomic E-state index is 6.40. The van der Waals surface area contributed by atoms with Crippen molar-refractivity contribution in [2.75, 3.05) is 6.61 Å². The number of hydrogen-bond acceptors (Lipinski definition) is 4. The van der Waals surface area contributed by atoms with E-state index in [-0.39, 0.29) is 12.3 Å². The Morgan fingerprint density at radius 2 is 1.76 bits per heavy atom. The van der Waals surface area contributed by atoms with Gasteiger partial charge in [-0.3, -0.25) is 0 Å². The fourth-order valence-electron chi connectivity index (χ4n) is 3.94. The van der Waals surface area contributed by atoms with E-state index in [1.165, 1.54) is 5.56 Å². The van der Waals surface area contributed by atoms with Gasteiger partial charge in [0.1, 0.15) is 18.1 Å². The molecule has 3 aromatic rings. The largest absolute Gasteiger partial charge is 0.490 e. The van der Waals surface area contributed by atoms with E-state index in [1.54, 1.807) is 6.08 Å². The quantitative estimate of drug-likeness (QED) is 0.547. The molecule has 4 heteroatoms. The Balaban J connectivity index is 1.51. The minimum Gasteiger partial charge on any atom is -0.490 e. The van der Waals surface area contributed by atoms with Crippen LogP contribution in [-0.2, 0) is 0 Å². The summed E-state index contributed by atoms with van der Waals surface area (Å²) >= 11 is 0. The second-order valence-corrected chi connectivity index (χ2v) is 7.19. The average molecular weight is 382 g/mol. The standard InChI is InChI=1S/C25H22N2O2/c1-2-16-28-20-14-12-19(13-15-20)25-27-23(21-10-6-7-11-24(21)29-25)17-22(26-27)18-8-4-3-5-9-18/h2-15,23,25H,1,16-17H2/t23-,25-/m1/s1. The van der Waals surface area contributed by atoms with Crippen molar-refractivity contribution in [3.8, 4) is 11.5 Å². The van der Waals surface area contributed by atoms with Crippen molar-refractivity contribution in [3.63, 3.8) is 0 Å². The maximum Gasteiger partial charge on any atom is 0.213 e. The molecule has 0 amide bonds. The number of nitrogens with zero attached hydrogens (tertiary/aromatic N) is 2. The molecule has 4 nitrogen and oxygen atoms in total. The van der Waals surface area contributed by atoms with Crippen LogP contribution in [0.1, 0.15) is 35.4 Å². The average Bonchev–Trinajstić information content (AvgIpc) is 3.24. The lowest BCUT2D eigenvalue weighted by Gasteiger charge is -2.38. The summed E-state index contributed by atoms with van der Waals surface area (Å²) in [5, 5.41) is 7.09. The highest BCUT2D eigenvalue weighted by atomic mass is 16.5. The number of hydrazone groups is 1. The third-order valence-electron chi connectivity index (χ3n) is 5.34. The summed E-state index contributed by atoms with van der Waals surface area (Å²) in [5.41, 5.74) is 4.48. The molecule has 0 aromatic heterocycles. The molecule has 0 bridgehead atoms. The molecular weight excluding hydrogens is 360 g/mol. The van der Waals surface area contributed by atoms with Crippen LogP contribution >= 0.6 is 0 Å². The zero-order valence-corrected chi connectivity index (χ0v) is 16.1. The smallest absolute Gasteiger partial charge is 0.213 e. The fourth-order valence-corrected chi connectivity index (χ4v) is 3.94. The van der Waals surface area contributed by atoms with Crippen molar-refractivity contribution in [2.45, 2.75) is 18.7 Å². The van der Waals surface area contributed by atoms with E-state index in [1.807, 2.05) is 42.5 Å². The molecule has 144 valence electrons. The van der Waals surface area contributed by atoms with Gasteiger partial charge in [0, 0.05) is 17.5 Å². The Morgan fingerprint density at radius 1 is 1.00 bits per heavy atom. The third-order valence-corrected chi connectivity index (χ3v) is 5.34. The van der Waals surface area contributed by atoms with Gasteiger partial charge in [0.2, 0.25) is 6.23 Å². The van der Waals surface area contributed by atoms with Gasteiger partial charge < -0.3 is 9.47 Å². The van der Waals surface area contributed by atoms with Crippen molar-refractivity contribution in [2.24, 2.45) is 5.10 Å². The molecule has 2 aliphatic heterocycles. The van der Waals surface area contributed by atoms with Gasteiger partial charge in [-0.2, -0.15) is 5.10 Å². The monoisotopic (exact) mass is 382 g/mol. The molecule has 2 atom stereocenters. The first-order chi connectivity index (χ1) is 14.3. The minimum atomic E-state index is -0.274. The van der Waals surface area contributed by atoms with E-state index in [4.69, 9.17) is 14.6 Å². The van der Waals surface area contributed by atoms with Crippen LogP contribution in [-0.4, -0.2) is 17.3 Å². The summed E-state index contributed by atoms with van der Waals surface area (Å²) in [6.07, 6.45) is 2.33. The van der Waals surface area contributed by atoms with Gasteiger partial charge in [0.25, 0.3) is 0 Å². The van der Waals surface area contributed by atoms with Crippen molar-refractivity contribution in [1.29, 1.82) is 0 Å². The lowest BCUT2D eigenvalue weighted by atomic mass is 9.96. The maximum atomic E-state index is 6.40. The lowest BCUT2D eigenvalue weighted by Crippen LogP contribution is -2.33. The first kappa shape index (κ1) is 17.6. The Kier molecular flexibility index (Phi) is 4.53. The van der Waals surface area contributed by atoms with Gasteiger partial charge in [-0.1, -0.05) is 61.2 Å². The number of benzene rings is 3. The van der Waals surface area contributed by atoms with Gasteiger partial charge in [-0.15, -0.1) is 0 Å². The van der Waals surface area contributed by atoms with E-state index >= 15 is 0 Å². The van der Waals surface area contributed by atoms with Crippen LogP contribution in [0.15, 0.2) is 96.6 Å². The van der Waals surface area contributed by atoms with Gasteiger partial charge in [0.05, 0.1) is 11.8 Å². The number of hydrogen-bond donors (Lipinski definition) is 0. The molecule has 3 aromatic carbocycles. The van der Waals surface area contributed by atoms with Gasteiger partial charge >= 0.3 is 0 Å². The van der Waals surface area contributed by atoms with E-state index in [9.17, 15) is 0 Å². The molecule has 0 aliphatic carbocycles. The molecule has 0 N–H and O–H groups in total. The minimum absolute atomic E-state index is 0.164. The highest BCUT2D eigenvalue weighted by Crippen LogP contribution is 2.47. The summed E-state index contributed by atoms with van der Waals surface area (Å²) in [5.74, 6) is 1.74. The Hall–Kier alpha value is -3.53. The molecule has 0 saturated heterocycles. The summed E-state index contributed by atoms with van der Waals surface area (Å²) in [7, 11) is 0. The van der Waals surface area contributed by atoms with Gasteiger partial charge in [-0.25, -0.2) is 5.01 Å². The zero-order chi connectivity index (χ0) is 19.6. The topological polar surface area (TPSA) is 34.1 Å². The predicted molar refractivity (Wildman–Crippen MR) is 114 cm³/mol.